The highest BCUT2D eigenvalue weighted by molar-refractivity contribution is 5.69. The first-order valence-corrected chi connectivity index (χ1v) is 5.67. The maximum Gasteiger partial charge on any atom is 0.306 e. The molecule has 0 saturated heterocycles. The molecule has 0 bridgehead atoms. The number of hydrogen-bond donors (Lipinski definition) is 2. The summed E-state index contributed by atoms with van der Waals surface area (Å²) in [5.41, 5.74) is 0. The number of ether oxygens (including phenoxy) is 1. The van der Waals surface area contributed by atoms with Gasteiger partial charge in [-0.2, -0.15) is 0 Å². The summed E-state index contributed by atoms with van der Waals surface area (Å²) in [4.78, 5) is 11.3. The molecule has 0 aromatic carbocycles. The molecule has 4 heteroatoms. The van der Waals surface area contributed by atoms with Crippen LogP contribution in [-0.4, -0.2) is 35.5 Å². The lowest BCUT2D eigenvalue weighted by Gasteiger charge is -2.20. The highest BCUT2D eigenvalue weighted by atomic mass is 16.5. The SMILES string of the molecule is O=C(CC1CCCCC1)OC[C@H](O)CO. The molecule has 2 N–H and O–H groups in total. The van der Waals surface area contributed by atoms with E-state index in [9.17, 15) is 4.79 Å². The largest absolute Gasteiger partial charge is 0.463 e. The van der Waals surface area contributed by atoms with Gasteiger partial charge in [-0.25, -0.2) is 0 Å². The van der Waals surface area contributed by atoms with Gasteiger partial charge in [-0.15, -0.1) is 0 Å². The third-order valence-electron chi connectivity index (χ3n) is 2.83. The fourth-order valence-electron chi connectivity index (χ4n) is 1.93. The Bertz CT molecular complexity index is 187. The minimum absolute atomic E-state index is 0.0952. The Morgan fingerprint density at radius 2 is 2.00 bits per heavy atom. The Kier molecular flexibility index (Phi) is 5.65. The van der Waals surface area contributed by atoms with Crippen molar-refractivity contribution in [1.29, 1.82) is 0 Å². The van der Waals surface area contributed by atoms with Gasteiger partial charge in [-0.05, 0) is 18.8 Å². The van der Waals surface area contributed by atoms with Gasteiger partial charge in [0.05, 0.1) is 6.61 Å². The highest BCUT2D eigenvalue weighted by Gasteiger charge is 2.18. The predicted molar refractivity (Wildman–Crippen MR) is 55.2 cm³/mol. The minimum atomic E-state index is -0.944. The molecule has 0 unspecified atom stereocenters. The number of carbonyl (C=O) groups excluding carboxylic acids is 1. The van der Waals surface area contributed by atoms with Gasteiger partial charge in [-0.3, -0.25) is 4.79 Å². The molecule has 0 aliphatic heterocycles. The van der Waals surface area contributed by atoms with E-state index in [1.54, 1.807) is 0 Å². The van der Waals surface area contributed by atoms with Crippen LogP contribution in [0.25, 0.3) is 0 Å². The van der Waals surface area contributed by atoms with Crippen LogP contribution < -0.4 is 0 Å². The molecule has 1 aliphatic rings. The van der Waals surface area contributed by atoms with Crippen LogP contribution in [0.3, 0.4) is 0 Å². The molecule has 1 saturated carbocycles. The fourth-order valence-corrected chi connectivity index (χ4v) is 1.93. The Morgan fingerprint density at radius 1 is 1.33 bits per heavy atom. The van der Waals surface area contributed by atoms with E-state index in [4.69, 9.17) is 14.9 Å². The molecule has 4 nitrogen and oxygen atoms in total. The van der Waals surface area contributed by atoms with Gasteiger partial charge in [0.25, 0.3) is 0 Å². The first-order valence-electron chi connectivity index (χ1n) is 5.67. The monoisotopic (exact) mass is 216 g/mol. The molecular formula is C11H20O4. The molecule has 1 aliphatic carbocycles. The molecule has 0 aromatic heterocycles. The summed E-state index contributed by atoms with van der Waals surface area (Å²) >= 11 is 0. The normalized spacial score (nSPS) is 19.9. The first kappa shape index (κ1) is 12.5. The summed E-state index contributed by atoms with van der Waals surface area (Å²) in [7, 11) is 0. The van der Waals surface area contributed by atoms with Crippen molar-refractivity contribution in [2.24, 2.45) is 5.92 Å². The molecule has 0 amide bonds. The number of hydrogen-bond acceptors (Lipinski definition) is 4. The zero-order valence-corrected chi connectivity index (χ0v) is 9.02. The third kappa shape index (κ3) is 5.14. The van der Waals surface area contributed by atoms with E-state index in [0.717, 1.165) is 12.8 Å². The molecule has 1 rings (SSSR count). The summed E-state index contributed by atoms with van der Waals surface area (Å²) < 4.78 is 4.85. The highest BCUT2D eigenvalue weighted by Crippen LogP contribution is 2.26. The number of rotatable bonds is 5. The Hall–Kier alpha value is -0.610. The van der Waals surface area contributed by atoms with E-state index in [2.05, 4.69) is 0 Å². The summed E-state index contributed by atoms with van der Waals surface area (Å²) in [6, 6.07) is 0. The van der Waals surface area contributed by atoms with Crippen LogP contribution in [0.2, 0.25) is 0 Å². The van der Waals surface area contributed by atoms with E-state index in [-0.39, 0.29) is 19.2 Å². The molecular weight excluding hydrogens is 196 g/mol. The summed E-state index contributed by atoms with van der Waals surface area (Å²) in [6.07, 6.45) is 5.41. The standard InChI is InChI=1S/C11H20O4/c12-7-10(13)8-15-11(14)6-9-4-2-1-3-5-9/h9-10,12-13H,1-8H2/t10-/m1/s1. The zero-order chi connectivity index (χ0) is 11.1. The fraction of sp³-hybridized carbons (Fsp3) is 0.909. The molecule has 1 atom stereocenters. The van der Waals surface area contributed by atoms with Crippen LogP contribution in [-0.2, 0) is 9.53 Å². The second-order valence-corrected chi connectivity index (χ2v) is 4.23. The summed E-state index contributed by atoms with van der Waals surface area (Å²) in [5, 5.41) is 17.5. The van der Waals surface area contributed by atoms with E-state index in [0.29, 0.717) is 12.3 Å². The lowest BCUT2D eigenvalue weighted by Crippen LogP contribution is -2.23. The van der Waals surface area contributed by atoms with Crippen molar-refractivity contribution in [3.05, 3.63) is 0 Å². The topological polar surface area (TPSA) is 66.8 Å². The number of aliphatic hydroxyl groups is 2. The average Bonchev–Trinajstić information content (AvgIpc) is 2.27. The van der Waals surface area contributed by atoms with Crippen molar-refractivity contribution in [2.75, 3.05) is 13.2 Å². The Morgan fingerprint density at radius 3 is 2.60 bits per heavy atom. The van der Waals surface area contributed by atoms with Crippen molar-refractivity contribution in [3.8, 4) is 0 Å². The predicted octanol–water partition coefficient (Wildman–Crippen LogP) is 0.853. The smallest absolute Gasteiger partial charge is 0.306 e. The lowest BCUT2D eigenvalue weighted by atomic mass is 9.87. The van der Waals surface area contributed by atoms with E-state index >= 15 is 0 Å². The van der Waals surface area contributed by atoms with Crippen molar-refractivity contribution in [1.82, 2.24) is 0 Å². The van der Waals surface area contributed by atoms with Crippen molar-refractivity contribution in [3.63, 3.8) is 0 Å². The second-order valence-electron chi connectivity index (χ2n) is 4.23. The quantitative estimate of drug-likeness (QED) is 0.669. The average molecular weight is 216 g/mol. The molecule has 15 heavy (non-hydrogen) atoms. The number of esters is 1. The van der Waals surface area contributed by atoms with E-state index in [1.807, 2.05) is 0 Å². The van der Waals surface area contributed by atoms with Crippen LogP contribution in [0.15, 0.2) is 0 Å². The van der Waals surface area contributed by atoms with Gasteiger partial charge in [0.2, 0.25) is 0 Å². The lowest BCUT2D eigenvalue weighted by molar-refractivity contribution is -0.148. The Balaban J connectivity index is 2.11. The third-order valence-corrected chi connectivity index (χ3v) is 2.83. The van der Waals surface area contributed by atoms with Crippen LogP contribution in [0.1, 0.15) is 38.5 Å². The van der Waals surface area contributed by atoms with Crippen LogP contribution >= 0.6 is 0 Å². The number of carbonyl (C=O) groups is 1. The van der Waals surface area contributed by atoms with Gasteiger partial charge in [0, 0.05) is 6.42 Å². The van der Waals surface area contributed by atoms with Gasteiger partial charge in [0.15, 0.2) is 0 Å². The molecule has 1 fully saturated rings. The second kappa shape index (κ2) is 6.80. The number of aliphatic hydroxyl groups excluding tert-OH is 2. The van der Waals surface area contributed by atoms with Gasteiger partial charge in [0.1, 0.15) is 12.7 Å². The minimum Gasteiger partial charge on any atom is -0.463 e. The first-order chi connectivity index (χ1) is 7.22. The molecule has 88 valence electrons. The van der Waals surface area contributed by atoms with Crippen molar-refractivity contribution in [2.45, 2.75) is 44.6 Å². The van der Waals surface area contributed by atoms with Gasteiger partial charge >= 0.3 is 5.97 Å². The van der Waals surface area contributed by atoms with Gasteiger partial charge < -0.3 is 14.9 Å². The van der Waals surface area contributed by atoms with Crippen LogP contribution in [0, 0.1) is 5.92 Å². The Labute approximate surface area is 90.2 Å². The summed E-state index contributed by atoms with van der Waals surface area (Å²) in [6.45, 7) is -0.460. The van der Waals surface area contributed by atoms with Crippen LogP contribution in [0.4, 0.5) is 0 Å². The molecule has 0 aromatic rings. The zero-order valence-electron chi connectivity index (χ0n) is 9.02. The van der Waals surface area contributed by atoms with Gasteiger partial charge in [-0.1, -0.05) is 19.3 Å². The summed E-state index contributed by atoms with van der Waals surface area (Å²) in [5.74, 6) is 0.201. The van der Waals surface area contributed by atoms with Crippen molar-refractivity contribution < 1.29 is 19.7 Å². The van der Waals surface area contributed by atoms with Crippen molar-refractivity contribution >= 4 is 5.97 Å². The van der Waals surface area contributed by atoms with Crippen LogP contribution in [0.5, 0.6) is 0 Å². The maximum atomic E-state index is 11.3. The molecule has 0 spiro atoms. The van der Waals surface area contributed by atoms with E-state index in [1.165, 1.54) is 19.3 Å². The van der Waals surface area contributed by atoms with E-state index < -0.39 is 6.10 Å². The molecule has 0 heterocycles. The maximum absolute atomic E-state index is 11.3. The molecule has 0 radical (unpaired) electrons.